The van der Waals surface area contributed by atoms with Crippen LogP contribution >= 0.6 is 0 Å². The van der Waals surface area contributed by atoms with Gasteiger partial charge in [0, 0.05) is 19.4 Å². The number of likely N-dealkylation sites (N-methyl/N-ethyl adjacent to an activating group) is 1. The maximum atomic E-state index is 12.7. The Bertz CT molecular complexity index is 756. The van der Waals surface area contributed by atoms with Crippen molar-refractivity contribution in [3.63, 3.8) is 0 Å². The highest BCUT2D eigenvalue weighted by Crippen LogP contribution is 2.32. The fourth-order valence-electron chi connectivity index (χ4n) is 3.42. The molecule has 1 aliphatic rings. The Morgan fingerprint density at radius 2 is 2.08 bits per heavy atom. The second-order valence-corrected chi connectivity index (χ2v) is 6.48. The third-order valence-electron chi connectivity index (χ3n) is 4.99. The molecule has 0 radical (unpaired) electrons. The minimum Gasteiger partial charge on any atom is -0.374 e. The normalized spacial score (nSPS) is 16.0. The minimum atomic E-state index is -0.654. The second-order valence-electron chi connectivity index (χ2n) is 6.48. The SMILES string of the molecule is CN(C(=O)CNc1ccccc1-n1cccn1)C1(C#N)CCCCC1. The summed E-state index contributed by atoms with van der Waals surface area (Å²) in [4.78, 5) is 14.3. The van der Waals surface area contributed by atoms with E-state index in [4.69, 9.17) is 0 Å². The lowest BCUT2D eigenvalue weighted by Gasteiger charge is -2.39. The molecule has 0 bridgehead atoms. The van der Waals surface area contributed by atoms with Gasteiger partial charge in [0.05, 0.1) is 24.0 Å². The van der Waals surface area contributed by atoms with E-state index in [0.29, 0.717) is 0 Å². The summed E-state index contributed by atoms with van der Waals surface area (Å²) >= 11 is 0. The molecule has 0 saturated heterocycles. The Kier molecular flexibility index (Phi) is 5.03. The van der Waals surface area contributed by atoms with Crippen molar-refractivity contribution in [2.45, 2.75) is 37.6 Å². The molecule has 3 rings (SSSR count). The van der Waals surface area contributed by atoms with Crippen molar-refractivity contribution in [1.29, 1.82) is 5.26 Å². The van der Waals surface area contributed by atoms with Gasteiger partial charge in [-0.05, 0) is 31.0 Å². The van der Waals surface area contributed by atoms with E-state index in [-0.39, 0.29) is 12.5 Å². The molecule has 1 heterocycles. The van der Waals surface area contributed by atoms with Gasteiger partial charge in [0.15, 0.2) is 0 Å². The van der Waals surface area contributed by atoms with Gasteiger partial charge in [-0.15, -0.1) is 0 Å². The zero-order valence-electron chi connectivity index (χ0n) is 14.5. The van der Waals surface area contributed by atoms with Gasteiger partial charge < -0.3 is 10.2 Å². The molecule has 0 atom stereocenters. The Morgan fingerprint density at radius 3 is 2.76 bits per heavy atom. The Hall–Kier alpha value is -2.81. The highest BCUT2D eigenvalue weighted by atomic mass is 16.2. The largest absolute Gasteiger partial charge is 0.374 e. The molecule has 6 heteroatoms. The van der Waals surface area contributed by atoms with Crippen LogP contribution in [0.2, 0.25) is 0 Å². The van der Waals surface area contributed by atoms with Crippen molar-refractivity contribution in [3.05, 3.63) is 42.7 Å². The van der Waals surface area contributed by atoms with Crippen LogP contribution < -0.4 is 5.32 Å². The van der Waals surface area contributed by atoms with Crippen molar-refractivity contribution in [2.24, 2.45) is 0 Å². The minimum absolute atomic E-state index is 0.0706. The van der Waals surface area contributed by atoms with Gasteiger partial charge in [0.25, 0.3) is 0 Å². The van der Waals surface area contributed by atoms with Gasteiger partial charge in [-0.3, -0.25) is 4.79 Å². The summed E-state index contributed by atoms with van der Waals surface area (Å²) in [6, 6.07) is 12.0. The summed E-state index contributed by atoms with van der Waals surface area (Å²) in [5.41, 5.74) is 1.07. The number of hydrogen-bond donors (Lipinski definition) is 1. The first-order valence-corrected chi connectivity index (χ1v) is 8.67. The van der Waals surface area contributed by atoms with E-state index < -0.39 is 5.54 Å². The molecule has 25 heavy (non-hydrogen) atoms. The second kappa shape index (κ2) is 7.39. The Morgan fingerprint density at radius 1 is 1.32 bits per heavy atom. The number of benzene rings is 1. The molecule has 1 amide bonds. The molecule has 1 aromatic heterocycles. The van der Waals surface area contributed by atoms with Crippen LogP contribution in [0.25, 0.3) is 5.69 Å². The summed E-state index contributed by atoms with van der Waals surface area (Å²) in [5.74, 6) is -0.0706. The first-order valence-electron chi connectivity index (χ1n) is 8.67. The fraction of sp³-hybridized carbons (Fsp3) is 0.421. The van der Waals surface area contributed by atoms with Crippen molar-refractivity contribution < 1.29 is 4.79 Å². The van der Waals surface area contributed by atoms with Gasteiger partial charge in [0.1, 0.15) is 5.54 Å². The number of aromatic nitrogens is 2. The lowest BCUT2D eigenvalue weighted by atomic mass is 9.81. The van der Waals surface area contributed by atoms with Crippen LogP contribution in [0.1, 0.15) is 32.1 Å². The number of carbonyl (C=O) groups excluding carboxylic acids is 1. The van der Waals surface area contributed by atoms with E-state index in [0.717, 1.165) is 43.5 Å². The maximum absolute atomic E-state index is 12.7. The van der Waals surface area contributed by atoms with Gasteiger partial charge in [-0.2, -0.15) is 10.4 Å². The van der Waals surface area contributed by atoms with Crippen LogP contribution in [0.15, 0.2) is 42.7 Å². The lowest BCUT2D eigenvalue weighted by molar-refractivity contribution is -0.132. The standard InChI is InChI=1S/C19H23N5O/c1-23(19(15-20)10-5-2-6-11-19)18(25)14-21-16-8-3-4-9-17(16)24-13-7-12-22-24/h3-4,7-9,12-13,21H,2,5-6,10-11,14H2,1H3. The predicted octanol–water partition coefficient (Wildman–Crippen LogP) is 2.97. The average Bonchev–Trinajstić information content (AvgIpc) is 3.21. The number of carbonyl (C=O) groups is 1. The van der Waals surface area contributed by atoms with Crippen LogP contribution in [0.5, 0.6) is 0 Å². The Labute approximate surface area is 148 Å². The maximum Gasteiger partial charge on any atom is 0.242 e. The van der Waals surface area contributed by atoms with Gasteiger partial charge >= 0.3 is 0 Å². The van der Waals surface area contributed by atoms with E-state index in [1.165, 1.54) is 0 Å². The van der Waals surface area contributed by atoms with Crippen LogP contribution in [0.3, 0.4) is 0 Å². The predicted molar refractivity (Wildman–Crippen MR) is 96.3 cm³/mol. The van der Waals surface area contributed by atoms with Crippen molar-refractivity contribution >= 4 is 11.6 Å². The Balaban J connectivity index is 1.70. The monoisotopic (exact) mass is 337 g/mol. The van der Waals surface area contributed by atoms with Crippen molar-refractivity contribution in [1.82, 2.24) is 14.7 Å². The average molecular weight is 337 g/mol. The first-order chi connectivity index (χ1) is 12.2. The van der Waals surface area contributed by atoms with E-state index in [9.17, 15) is 10.1 Å². The van der Waals surface area contributed by atoms with E-state index in [2.05, 4.69) is 16.5 Å². The van der Waals surface area contributed by atoms with Crippen molar-refractivity contribution in [3.8, 4) is 11.8 Å². The third-order valence-corrected chi connectivity index (χ3v) is 4.99. The summed E-state index contributed by atoms with van der Waals surface area (Å²) in [6.45, 7) is 0.151. The molecule has 1 saturated carbocycles. The number of rotatable bonds is 5. The smallest absolute Gasteiger partial charge is 0.242 e. The highest BCUT2D eigenvalue weighted by Gasteiger charge is 2.38. The molecule has 1 aliphatic carbocycles. The molecule has 6 nitrogen and oxygen atoms in total. The summed E-state index contributed by atoms with van der Waals surface area (Å²) < 4.78 is 1.76. The van der Waals surface area contributed by atoms with Crippen LogP contribution in [0.4, 0.5) is 5.69 Å². The van der Waals surface area contributed by atoms with Crippen LogP contribution in [-0.4, -0.2) is 39.7 Å². The molecule has 0 unspecified atom stereocenters. The number of anilines is 1. The molecule has 1 N–H and O–H groups in total. The first kappa shape index (κ1) is 17.0. The summed E-state index contributed by atoms with van der Waals surface area (Å²) in [6.07, 6.45) is 8.24. The number of hydrogen-bond acceptors (Lipinski definition) is 4. The third kappa shape index (κ3) is 3.50. The van der Waals surface area contributed by atoms with Crippen molar-refractivity contribution in [2.75, 3.05) is 18.9 Å². The number of amides is 1. The van der Waals surface area contributed by atoms with Crippen LogP contribution in [0, 0.1) is 11.3 Å². The van der Waals surface area contributed by atoms with Crippen LogP contribution in [-0.2, 0) is 4.79 Å². The molecule has 1 fully saturated rings. The van der Waals surface area contributed by atoms with Gasteiger partial charge in [-0.1, -0.05) is 31.4 Å². The number of nitriles is 1. The topological polar surface area (TPSA) is 74.0 Å². The van der Waals surface area contributed by atoms with Gasteiger partial charge in [0.2, 0.25) is 5.91 Å². The fourth-order valence-corrected chi connectivity index (χ4v) is 3.42. The number of nitrogens with one attached hydrogen (secondary N) is 1. The van der Waals surface area contributed by atoms with E-state index >= 15 is 0 Å². The quantitative estimate of drug-likeness (QED) is 0.910. The molecule has 2 aromatic rings. The molecule has 1 aromatic carbocycles. The van der Waals surface area contributed by atoms with Gasteiger partial charge in [-0.25, -0.2) is 4.68 Å². The molecule has 130 valence electrons. The molecule has 0 aliphatic heterocycles. The van der Waals surface area contributed by atoms with E-state index in [1.807, 2.05) is 36.5 Å². The summed E-state index contributed by atoms with van der Waals surface area (Å²) in [7, 11) is 1.75. The van der Waals surface area contributed by atoms with E-state index in [1.54, 1.807) is 22.8 Å². The molecule has 0 spiro atoms. The zero-order valence-corrected chi connectivity index (χ0v) is 14.5. The zero-order chi connectivity index (χ0) is 17.7. The number of nitrogens with zero attached hydrogens (tertiary/aromatic N) is 4. The molecular weight excluding hydrogens is 314 g/mol. The lowest BCUT2D eigenvalue weighted by Crippen LogP contribution is -2.51. The highest BCUT2D eigenvalue weighted by molar-refractivity contribution is 5.82. The summed E-state index contributed by atoms with van der Waals surface area (Å²) in [5, 5.41) is 17.1. The number of para-hydroxylation sites is 2. The molecular formula is C19H23N5O.